The van der Waals surface area contributed by atoms with Gasteiger partial charge in [-0.25, -0.2) is 0 Å². The van der Waals surface area contributed by atoms with Gasteiger partial charge < -0.3 is 5.32 Å². The molecule has 2 aliphatic rings. The number of rotatable bonds is 4. The van der Waals surface area contributed by atoms with Gasteiger partial charge in [0.1, 0.15) is 0 Å². The van der Waals surface area contributed by atoms with E-state index in [0.717, 1.165) is 24.3 Å². The minimum atomic E-state index is 0.477. The number of hydrogen-bond donors (Lipinski definition) is 1. The van der Waals surface area contributed by atoms with Gasteiger partial charge in [-0.3, -0.25) is 4.68 Å². The molecule has 0 amide bonds. The summed E-state index contributed by atoms with van der Waals surface area (Å²) in [7, 11) is 2.04. The molecule has 2 bridgehead atoms. The van der Waals surface area contributed by atoms with Gasteiger partial charge in [0.05, 0.1) is 11.7 Å². The lowest BCUT2D eigenvalue weighted by Gasteiger charge is -2.30. The number of nitrogens with zero attached hydrogens (tertiary/aromatic N) is 2. The van der Waals surface area contributed by atoms with Crippen molar-refractivity contribution in [3.8, 4) is 0 Å². The minimum Gasteiger partial charge on any atom is -0.309 e. The van der Waals surface area contributed by atoms with Crippen molar-refractivity contribution >= 4 is 0 Å². The van der Waals surface area contributed by atoms with Crippen molar-refractivity contribution in [2.75, 3.05) is 6.54 Å². The molecule has 1 aromatic rings. The summed E-state index contributed by atoms with van der Waals surface area (Å²) in [5.41, 5.74) is 2.52. The fourth-order valence-electron chi connectivity index (χ4n) is 4.14. The van der Waals surface area contributed by atoms with Crippen LogP contribution in [0.1, 0.15) is 50.0 Å². The Morgan fingerprint density at radius 2 is 2.28 bits per heavy atom. The lowest BCUT2D eigenvalue weighted by Crippen LogP contribution is -2.31. The van der Waals surface area contributed by atoms with Gasteiger partial charge in [0, 0.05) is 12.7 Å². The third-order valence-corrected chi connectivity index (χ3v) is 5.10. The second-order valence-electron chi connectivity index (χ2n) is 6.21. The van der Waals surface area contributed by atoms with E-state index < -0.39 is 0 Å². The zero-order valence-electron chi connectivity index (χ0n) is 11.8. The second-order valence-corrected chi connectivity index (χ2v) is 6.21. The molecule has 1 heterocycles. The van der Waals surface area contributed by atoms with E-state index in [1.165, 1.54) is 37.1 Å². The van der Waals surface area contributed by atoms with Crippen LogP contribution < -0.4 is 5.32 Å². The smallest absolute Gasteiger partial charge is 0.0799 e. The van der Waals surface area contributed by atoms with Crippen LogP contribution in [-0.4, -0.2) is 16.3 Å². The summed E-state index contributed by atoms with van der Waals surface area (Å²) in [5.74, 6) is 2.77. The Morgan fingerprint density at radius 3 is 2.78 bits per heavy atom. The summed E-state index contributed by atoms with van der Waals surface area (Å²) in [6, 6.07) is 2.74. The molecular weight excluding hydrogens is 222 g/mol. The van der Waals surface area contributed by atoms with E-state index in [1.807, 2.05) is 11.7 Å². The zero-order valence-corrected chi connectivity index (χ0v) is 11.8. The van der Waals surface area contributed by atoms with E-state index in [-0.39, 0.29) is 0 Å². The van der Waals surface area contributed by atoms with Crippen LogP contribution in [0, 0.1) is 24.7 Å². The summed E-state index contributed by atoms with van der Waals surface area (Å²) in [5, 5.41) is 8.40. The lowest BCUT2D eigenvalue weighted by atomic mass is 9.82. The number of fused-ring (bicyclic) bond motifs is 2. The molecule has 1 N–H and O–H groups in total. The first kappa shape index (κ1) is 12.2. The first-order chi connectivity index (χ1) is 8.69. The van der Waals surface area contributed by atoms with Crippen LogP contribution in [0.5, 0.6) is 0 Å². The van der Waals surface area contributed by atoms with Crippen molar-refractivity contribution in [2.45, 2.75) is 45.6 Å². The second kappa shape index (κ2) is 4.69. The maximum atomic E-state index is 4.71. The van der Waals surface area contributed by atoms with Crippen LogP contribution in [-0.2, 0) is 7.05 Å². The molecular formula is C15H25N3. The molecule has 0 aromatic carbocycles. The Kier molecular flexibility index (Phi) is 3.18. The van der Waals surface area contributed by atoms with Gasteiger partial charge in [0.15, 0.2) is 0 Å². The summed E-state index contributed by atoms with van der Waals surface area (Å²) < 4.78 is 2.01. The maximum Gasteiger partial charge on any atom is 0.0799 e. The average Bonchev–Trinajstić information content (AvgIpc) is 3.03. The molecule has 100 valence electrons. The normalized spacial score (nSPS) is 32.1. The molecule has 0 aliphatic heterocycles. The maximum absolute atomic E-state index is 4.71. The fourth-order valence-corrected chi connectivity index (χ4v) is 4.14. The van der Waals surface area contributed by atoms with Gasteiger partial charge in [0.25, 0.3) is 0 Å². The van der Waals surface area contributed by atoms with Crippen LogP contribution in [0.4, 0.5) is 0 Å². The summed E-state index contributed by atoms with van der Waals surface area (Å²) in [6.07, 6.45) is 5.81. The van der Waals surface area contributed by atoms with Crippen LogP contribution >= 0.6 is 0 Å². The van der Waals surface area contributed by atoms with Crippen molar-refractivity contribution < 1.29 is 0 Å². The fraction of sp³-hybridized carbons (Fsp3) is 0.800. The van der Waals surface area contributed by atoms with Gasteiger partial charge in [-0.2, -0.15) is 5.10 Å². The highest BCUT2D eigenvalue weighted by Crippen LogP contribution is 2.52. The molecule has 3 rings (SSSR count). The number of aryl methyl sites for hydroxylation is 2. The molecule has 0 saturated heterocycles. The predicted molar refractivity (Wildman–Crippen MR) is 73.3 cm³/mol. The van der Waals surface area contributed by atoms with E-state index in [4.69, 9.17) is 5.10 Å². The first-order valence-electron chi connectivity index (χ1n) is 7.43. The molecule has 4 atom stereocenters. The van der Waals surface area contributed by atoms with Crippen molar-refractivity contribution in [3.63, 3.8) is 0 Å². The molecule has 4 unspecified atom stereocenters. The third-order valence-electron chi connectivity index (χ3n) is 5.10. The highest BCUT2D eigenvalue weighted by Gasteiger charge is 2.43. The Hall–Kier alpha value is -0.830. The van der Waals surface area contributed by atoms with E-state index in [0.29, 0.717) is 6.04 Å². The standard InChI is InChI=1S/C15H25N3/c1-4-16-15(14-7-10(2)18(3)17-14)13-9-11-5-6-12(13)8-11/h7,11-13,15-16H,4-6,8-9H2,1-3H3. The van der Waals surface area contributed by atoms with Crippen LogP contribution in [0.2, 0.25) is 0 Å². The Morgan fingerprint density at radius 1 is 1.44 bits per heavy atom. The average molecular weight is 247 g/mol. The topological polar surface area (TPSA) is 29.9 Å². The molecule has 2 aliphatic carbocycles. The summed E-state index contributed by atoms with van der Waals surface area (Å²) >= 11 is 0. The molecule has 0 radical (unpaired) electrons. The van der Waals surface area contributed by atoms with E-state index in [2.05, 4.69) is 25.2 Å². The Labute approximate surface area is 110 Å². The van der Waals surface area contributed by atoms with Crippen molar-refractivity contribution in [3.05, 3.63) is 17.5 Å². The molecule has 1 aromatic heterocycles. The van der Waals surface area contributed by atoms with E-state index in [9.17, 15) is 0 Å². The van der Waals surface area contributed by atoms with E-state index >= 15 is 0 Å². The van der Waals surface area contributed by atoms with Crippen LogP contribution in [0.15, 0.2) is 6.07 Å². The van der Waals surface area contributed by atoms with Crippen molar-refractivity contribution in [1.29, 1.82) is 0 Å². The van der Waals surface area contributed by atoms with Crippen LogP contribution in [0.3, 0.4) is 0 Å². The highest BCUT2D eigenvalue weighted by atomic mass is 15.3. The van der Waals surface area contributed by atoms with Gasteiger partial charge in [-0.1, -0.05) is 13.3 Å². The molecule has 2 saturated carbocycles. The quantitative estimate of drug-likeness (QED) is 0.886. The molecule has 0 spiro atoms. The molecule has 18 heavy (non-hydrogen) atoms. The van der Waals surface area contributed by atoms with Gasteiger partial charge in [-0.15, -0.1) is 0 Å². The van der Waals surface area contributed by atoms with Crippen LogP contribution in [0.25, 0.3) is 0 Å². The predicted octanol–water partition coefficient (Wildman–Crippen LogP) is 2.82. The monoisotopic (exact) mass is 247 g/mol. The minimum absolute atomic E-state index is 0.477. The van der Waals surface area contributed by atoms with Gasteiger partial charge in [0.2, 0.25) is 0 Å². The first-order valence-corrected chi connectivity index (χ1v) is 7.43. The largest absolute Gasteiger partial charge is 0.309 e. The molecule has 3 heteroatoms. The number of nitrogens with one attached hydrogen (secondary N) is 1. The highest BCUT2D eigenvalue weighted by molar-refractivity contribution is 5.15. The van der Waals surface area contributed by atoms with Gasteiger partial charge >= 0.3 is 0 Å². The summed E-state index contributed by atoms with van der Waals surface area (Å²) in [4.78, 5) is 0. The van der Waals surface area contributed by atoms with E-state index in [1.54, 1.807) is 0 Å². The Bertz CT molecular complexity index is 404. The third kappa shape index (κ3) is 1.99. The number of aromatic nitrogens is 2. The van der Waals surface area contributed by atoms with Crippen molar-refractivity contribution in [2.24, 2.45) is 24.8 Å². The van der Waals surface area contributed by atoms with Gasteiger partial charge in [-0.05, 0) is 56.6 Å². The van der Waals surface area contributed by atoms with Crippen molar-refractivity contribution in [1.82, 2.24) is 15.1 Å². The lowest BCUT2D eigenvalue weighted by molar-refractivity contribution is 0.248. The summed E-state index contributed by atoms with van der Waals surface area (Å²) in [6.45, 7) is 5.38. The molecule has 2 fully saturated rings. The number of hydrogen-bond acceptors (Lipinski definition) is 2. The zero-order chi connectivity index (χ0) is 12.7. The SMILES string of the molecule is CCNC(c1cc(C)n(C)n1)C1CC2CCC1C2. The molecule has 3 nitrogen and oxygen atoms in total. The Balaban J connectivity index is 1.83.